The van der Waals surface area contributed by atoms with E-state index in [0.29, 0.717) is 0 Å². The molecule has 0 saturated heterocycles. The SMILES string of the molecule is CN(C)c1ccc(C2Nc3ccc(C4Nc5ccc(N6CCC=NCC6)cc5N4)cc3N2)cc1. The van der Waals surface area contributed by atoms with Crippen molar-refractivity contribution in [1.82, 2.24) is 0 Å². The monoisotopic (exact) mass is 453 g/mol. The van der Waals surface area contributed by atoms with Crippen LogP contribution in [0.25, 0.3) is 0 Å². The van der Waals surface area contributed by atoms with Crippen LogP contribution < -0.4 is 31.1 Å². The maximum atomic E-state index is 4.43. The van der Waals surface area contributed by atoms with Crippen LogP contribution in [0, 0.1) is 0 Å². The van der Waals surface area contributed by atoms with Crippen LogP contribution in [-0.2, 0) is 0 Å². The highest BCUT2D eigenvalue weighted by atomic mass is 15.2. The number of nitrogens with zero attached hydrogens (tertiary/aromatic N) is 3. The molecule has 34 heavy (non-hydrogen) atoms. The molecule has 3 aromatic rings. The first kappa shape index (κ1) is 20.7. The van der Waals surface area contributed by atoms with Crippen molar-refractivity contribution in [3.05, 3.63) is 71.8 Å². The number of aliphatic imine (C=N–C) groups is 1. The largest absolute Gasteiger partial charge is 0.378 e. The van der Waals surface area contributed by atoms with E-state index in [2.05, 4.69) is 111 Å². The fourth-order valence-corrected chi connectivity index (χ4v) is 4.90. The van der Waals surface area contributed by atoms with Gasteiger partial charge in [0.25, 0.3) is 0 Å². The molecule has 0 fully saturated rings. The van der Waals surface area contributed by atoms with Crippen LogP contribution in [-0.4, -0.2) is 39.9 Å². The summed E-state index contributed by atoms with van der Waals surface area (Å²) in [6.07, 6.45) is 3.16. The molecule has 174 valence electrons. The van der Waals surface area contributed by atoms with Gasteiger partial charge in [0.05, 0.1) is 29.3 Å². The summed E-state index contributed by atoms with van der Waals surface area (Å²) in [4.78, 5) is 8.96. The number of rotatable bonds is 4. The minimum atomic E-state index is 0.0447. The normalized spacial score (nSPS) is 20.4. The zero-order chi connectivity index (χ0) is 23.1. The maximum Gasteiger partial charge on any atom is 0.123 e. The van der Waals surface area contributed by atoms with Crippen molar-refractivity contribution < 1.29 is 0 Å². The number of anilines is 6. The third-order valence-corrected chi connectivity index (χ3v) is 6.84. The maximum absolute atomic E-state index is 4.43. The van der Waals surface area contributed by atoms with Crippen LogP contribution in [0.5, 0.6) is 0 Å². The summed E-state index contributed by atoms with van der Waals surface area (Å²) in [5, 5.41) is 14.6. The molecule has 3 aliphatic rings. The fraction of sp³-hybridized carbons (Fsp3) is 0.296. The van der Waals surface area contributed by atoms with Gasteiger partial charge < -0.3 is 31.1 Å². The van der Waals surface area contributed by atoms with Crippen LogP contribution in [0.15, 0.2) is 65.7 Å². The van der Waals surface area contributed by atoms with Crippen LogP contribution >= 0.6 is 0 Å². The summed E-state index contributed by atoms with van der Waals surface area (Å²) < 4.78 is 0. The number of nitrogens with one attached hydrogen (secondary N) is 4. The van der Waals surface area contributed by atoms with Crippen LogP contribution in [0.1, 0.15) is 29.9 Å². The summed E-state index contributed by atoms with van der Waals surface area (Å²) >= 11 is 0. The fourth-order valence-electron chi connectivity index (χ4n) is 4.90. The molecule has 0 spiro atoms. The third-order valence-electron chi connectivity index (χ3n) is 6.84. The number of hydrogen-bond donors (Lipinski definition) is 4. The van der Waals surface area contributed by atoms with Crippen LogP contribution in [0.3, 0.4) is 0 Å². The zero-order valence-electron chi connectivity index (χ0n) is 19.7. The Morgan fingerprint density at radius 3 is 2.15 bits per heavy atom. The molecule has 7 heteroatoms. The van der Waals surface area contributed by atoms with E-state index in [4.69, 9.17) is 0 Å². The Bertz CT molecular complexity index is 1210. The molecule has 0 aliphatic carbocycles. The molecule has 0 saturated carbocycles. The lowest BCUT2D eigenvalue weighted by molar-refractivity contribution is 0.824. The van der Waals surface area contributed by atoms with Gasteiger partial charge >= 0.3 is 0 Å². The van der Waals surface area contributed by atoms with Crippen molar-refractivity contribution in [2.75, 3.05) is 64.8 Å². The van der Waals surface area contributed by atoms with Gasteiger partial charge in [0.1, 0.15) is 12.3 Å². The number of benzene rings is 3. The third kappa shape index (κ3) is 3.87. The highest BCUT2D eigenvalue weighted by molar-refractivity contribution is 5.81. The van der Waals surface area contributed by atoms with Gasteiger partial charge in [-0.25, -0.2) is 0 Å². The first-order valence-electron chi connectivity index (χ1n) is 12.0. The zero-order valence-corrected chi connectivity index (χ0v) is 19.7. The second-order valence-corrected chi connectivity index (χ2v) is 9.33. The second-order valence-electron chi connectivity index (χ2n) is 9.33. The lowest BCUT2D eigenvalue weighted by Crippen LogP contribution is -2.25. The molecule has 0 bridgehead atoms. The van der Waals surface area contributed by atoms with Crippen molar-refractivity contribution >= 4 is 40.3 Å². The minimum Gasteiger partial charge on any atom is -0.378 e. The lowest BCUT2D eigenvalue weighted by Gasteiger charge is -2.22. The van der Waals surface area contributed by atoms with Gasteiger partial charge in [-0.3, -0.25) is 4.99 Å². The molecular formula is C27H31N7. The van der Waals surface area contributed by atoms with E-state index >= 15 is 0 Å². The number of fused-ring (bicyclic) bond motifs is 2. The standard InChI is InChI=1S/C27H31N7/c1-33(2)20-7-4-18(5-8-20)26-29-22-10-6-19(16-24(22)31-26)27-30-23-11-9-21(17-25(23)32-27)34-14-3-12-28-13-15-34/h4-12,16-17,26-27,29-32H,3,13-15H2,1-2H3. The van der Waals surface area contributed by atoms with E-state index in [1.807, 2.05) is 6.21 Å². The highest BCUT2D eigenvalue weighted by Gasteiger charge is 2.26. The summed E-state index contributed by atoms with van der Waals surface area (Å²) in [5.41, 5.74) is 9.44. The predicted octanol–water partition coefficient (Wildman–Crippen LogP) is 5.11. The summed E-state index contributed by atoms with van der Waals surface area (Å²) in [5.74, 6) is 0. The predicted molar refractivity (Wildman–Crippen MR) is 144 cm³/mol. The second kappa shape index (κ2) is 8.48. The first-order chi connectivity index (χ1) is 16.6. The Kier molecular flexibility index (Phi) is 5.17. The van der Waals surface area contributed by atoms with Crippen molar-refractivity contribution in [3.63, 3.8) is 0 Å². The molecular weight excluding hydrogens is 422 g/mol. The van der Waals surface area contributed by atoms with E-state index in [9.17, 15) is 0 Å². The Hall–Kier alpha value is -3.87. The van der Waals surface area contributed by atoms with E-state index in [0.717, 1.165) is 48.8 Å². The Morgan fingerprint density at radius 2 is 1.38 bits per heavy atom. The lowest BCUT2D eigenvalue weighted by atomic mass is 10.1. The summed E-state index contributed by atoms with van der Waals surface area (Å²) in [7, 11) is 4.12. The van der Waals surface area contributed by atoms with Gasteiger partial charge in [-0.1, -0.05) is 18.2 Å². The molecule has 7 nitrogen and oxygen atoms in total. The van der Waals surface area contributed by atoms with E-state index < -0.39 is 0 Å². The van der Waals surface area contributed by atoms with Crippen LogP contribution in [0.2, 0.25) is 0 Å². The first-order valence-corrected chi connectivity index (χ1v) is 12.0. The average molecular weight is 454 g/mol. The van der Waals surface area contributed by atoms with Crippen molar-refractivity contribution in [3.8, 4) is 0 Å². The number of hydrogen-bond acceptors (Lipinski definition) is 7. The molecule has 3 aliphatic heterocycles. The molecule has 3 heterocycles. The summed E-state index contributed by atoms with van der Waals surface area (Å²) in [6.45, 7) is 2.85. The molecule has 0 radical (unpaired) electrons. The van der Waals surface area contributed by atoms with Gasteiger partial charge in [-0.05, 0) is 60.0 Å². The van der Waals surface area contributed by atoms with Crippen molar-refractivity contribution in [1.29, 1.82) is 0 Å². The minimum absolute atomic E-state index is 0.0447. The molecule has 4 N–H and O–H groups in total. The van der Waals surface area contributed by atoms with Crippen molar-refractivity contribution in [2.24, 2.45) is 4.99 Å². The van der Waals surface area contributed by atoms with E-state index in [1.165, 1.54) is 22.5 Å². The average Bonchev–Trinajstić information content (AvgIpc) is 3.38. The molecule has 0 amide bonds. The van der Waals surface area contributed by atoms with E-state index in [1.54, 1.807) is 0 Å². The van der Waals surface area contributed by atoms with Crippen LogP contribution in [0.4, 0.5) is 34.1 Å². The molecule has 3 aromatic carbocycles. The Morgan fingerprint density at radius 1 is 0.735 bits per heavy atom. The highest BCUT2D eigenvalue weighted by Crippen LogP contribution is 2.41. The van der Waals surface area contributed by atoms with Gasteiger partial charge in [0.15, 0.2) is 0 Å². The van der Waals surface area contributed by atoms with Gasteiger partial charge in [-0.15, -0.1) is 0 Å². The Labute approximate surface area is 200 Å². The van der Waals surface area contributed by atoms with E-state index in [-0.39, 0.29) is 12.3 Å². The van der Waals surface area contributed by atoms with Gasteiger partial charge in [0, 0.05) is 44.8 Å². The van der Waals surface area contributed by atoms with Gasteiger partial charge in [-0.2, -0.15) is 0 Å². The van der Waals surface area contributed by atoms with Gasteiger partial charge in [0.2, 0.25) is 0 Å². The smallest absolute Gasteiger partial charge is 0.123 e. The quantitative estimate of drug-likeness (QED) is 0.441. The molecule has 2 atom stereocenters. The van der Waals surface area contributed by atoms with Crippen molar-refractivity contribution in [2.45, 2.75) is 18.8 Å². The summed E-state index contributed by atoms with van der Waals surface area (Å²) in [6, 6.07) is 21.9. The molecule has 6 rings (SSSR count). The Balaban J connectivity index is 1.16. The molecule has 0 aromatic heterocycles. The molecule has 2 unspecified atom stereocenters. The topological polar surface area (TPSA) is 67.0 Å².